The van der Waals surface area contributed by atoms with Crippen molar-refractivity contribution in [3.05, 3.63) is 143 Å². The Bertz CT molecular complexity index is 2740. The first-order valence-electron chi connectivity index (χ1n) is 18.3. The summed E-state index contributed by atoms with van der Waals surface area (Å²) >= 11 is 0. The fraction of sp³-hybridized carbons (Fsp3) is 0.286. The molecule has 4 heterocycles. The van der Waals surface area contributed by atoms with Crippen LogP contribution in [0.2, 0.25) is 0 Å². The van der Waals surface area contributed by atoms with Gasteiger partial charge in [-0.25, -0.2) is 26.8 Å². The van der Waals surface area contributed by atoms with Crippen LogP contribution in [0, 0.1) is 11.8 Å². The summed E-state index contributed by atoms with van der Waals surface area (Å²) in [5, 5.41) is 23.5. The minimum absolute atomic E-state index is 0.0556. The van der Waals surface area contributed by atoms with Crippen LogP contribution in [0.5, 0.6) is 0 Å². The van der Waals surface area contributed by atoms with E-state index in [1.165, 1.54) is 11.8 Å². The summed E-state index contributed by atoms with van der Waals surface area (Å²) in [6.45, 7) is 0. The van der Waals surface area contributed by atoms with Crippen LogP contribution in [0.15, 0.2) is 114 Å². The molecule has 0 radical (unpaired) electrons. The number of nitrogens with zero attached hydrogens (tertiary/aromatic N) is 4. The molecule has 0 fully saturated rings. The Labute approximate surface area is 313 Å². The molecule has 0 spiro atoms. The molecule has 2 aliphatic carbocycles. The summed E-state index contributed by atoms with van der Waals surface area (Å²) in [7, 11) is -7.19. The fourth-order valence-corrected chi connectivity index (χ4v) is 12.0. The van der Waals surface area contributed by atoms with Gasteiger partial charge < -0.3 is 19.3 Å². The maximum atomic E-state index is 14.2. The predicted octanol–water partition coefficient (Wildman–Crippen LogP) is 6.19. The van der Waals surface area contributed by atoms with Crippen LogP contribution in [0.25, 0.3) is 22.5 Å². The smallest absolute Gasteiger partial charge is 0.182 e. The number of aryl methyl sites for hydroxylation is 2. The standard InChI is InChI=1S/C42H38N4O6S2/c1-53(49,50)27-11-15-29-24(17-27)9-14-35(42(29)48)40-33-8-4-5-26(38(33)37-20-44-23-46(37)40)21-54(51,52)28-12-16-30-25(18-28)10-13-34(41(30)47)39-32-7-3-2-6-31(32)36-19-43-22-45(36)39/h2-8,11-12,15-20,22-23,34-35,39-42,47-48H,9-10,13-14,21H2,1H3/t34-,35+,39-,40-,41-,42+/m0/s1. The van der Waals surface area contributed by atoms with E-state index in [4.69, 9.17) is 0 Å². The Balaban J connectivity index is 0.940. The van der Waals surface area contributed by atoms with E-state index in [-0.39, 0.29) is 39.5 Å². The molecule has 0 amide bonds. The highest BCUT2D eigenvalue weighted by molar-refractivity contribution is 7.91. The third-order valence-corrected chi connectivity index (χ3v) is 15.1. The number of sulfone groups is 2. The summed E-state index contributed by atoms with van der Waals surface area (Å²) in [6.07, 6.45) is 9.33. The van der Waals surface area contributed by atoms with E-state index in [0.717, 1.165) is 50.3 Å². The molecule has 6 atom stereocenters. The SMILES string of the molecule is CS(=O)(=O)c1ccc2c(c1)CC[C@H]([C@@H]1c3cccc(CS(=O)(=O)c4ccc5c(c4)CC[C@@H]([C@@H]4c6ccccc6-c6cncn64)[C@H]5O)c3-c3cncn31)[C@@H]2O. The molecule has 0 saturated heterocycles. The lowest BCUT2D eigenvalue weighted by atomic mass is 9.76. The van der Waals surface area contributed by atoms with E-state index in [1.807, 2.05) is 47.4 Å². The summed E-state index contributed by atoms with van der Waals surface area (Å²) in [5.74, 6) is -0.552. The summed E-state index contributed by atoms with van der Waals surface area (Å²) < 4.78 is 57.1. The van der Waals surface area contributed by atoms with Crippen LogP contribution in [0.4, 0.5) is 0 Å². The van der Waals surface area contributed by atoms with E-state index in [1.54, 1.807) is 48.9 Å². The van der Waals surface area contributed by atoms with Gasteiger partial charge in [-0.15, -0.1) is 0 Å². The number of aromatic nitrogens is 4. The Kier molecular flexibility index (Phi) is 7.52. The lowest BCUT2D eigenvalue weighted by molar-refractivity contribution is 0.0717. The molecule has 12 heteroatoms. The monoisotopic (exact) mass is 758 g/mol. The second-order valence-corrected chi connectivity index (χ2v) is 19.3. The average molecular weight is 759 g/mol. The molecule has 2 N–H and O–H groups in total. The molecule has 6 aromatic rings. The zero-order valence-corrected chi connectivity index (χ0v) is 31.1. The van der Waals surface area contributed by atoms with Gasteiger partial charge in [-0.05, 0) is 88.9 Å². The number of fused-ring (bicyclic) bond motifs is 8. The molecular weight excluding hydrogens is 721 g/mol. The normalized spacial score (nSPS) is 23.9. The number of rotatable bonds is 6. The number of aliphatic hydroxyl groups is 2. The molecule has 4 aliphatic rings. The molecule has 0 unspecified atom stereocenters. The third kappa shape index (κ3) is 5.03. The number of imidazole rings is 2. The number of benzene rings is 4. The van der Waals surface area contributed by atoms with Gasteiger partial charge in [-0.3, -0.25) is 0 Å². The molecule has 10 nitrogen and oxygen atoms in total. The second-order valence-electron chi connectivity index (χ2n) is 15.3. The van der Waals surface area contributed by atoms with Crippen molar-refractivity contribution in [2.45, 2.75) is 65.5 Å². The van der Waals surface area contributed by atoms with Crippen molar-refractivity contribution >= 4 is 19.7 Å². The Morgan fingerprint density at radius 2 is 1.24 bits per heavy atom. The molecule has 10 rings (SSSR count). The van der Waals surface area contributed by atoms with E-state index in [2.05, 4.69) is 26.7 Å². The van der Waals surface area contributed by atoms with Crippen molar-refractivity contribution in [3.8, 4) is 22.5 Å². The summed E-state index contributed by atoms with van der Waals surface area (Å²) in [5.41, 5.74) is 9.74. The van der Waals surface area contributed by atoms with E-state index in [0.29, 0.717) is 31.2 Å². The first kappa shape index (κ1) is 33.7. The van der Waals surface area contributed by atoms with Gasteiger partial charge in [0.05, 0.1) is 76.3 Å². The Morgan fingerprint density at radius 1 is 0.667 bits per heavy atom. The number of hydrogen-bond acceptors (Lipinski definition) is 8. The maximum absolute atomic E-state index is 14.2. The largest absolute Gasteiger partial charge is 0.388 e. The van der Waals surface area contributed by atoms with Gasteiger partial charge in [0.1, 0.15) is 0 Å². The first-order chi connectivity index (χ1) is 26.0. The van der Waals surface area contributed by atoms with Crippen LogP contribution in [-0.4, -0.2) is 52.4 Å². The molecule has 0 saturated carbocycles. The Hall–Kier alpha value is -4.88. The van der Waals surface area contributed by atoms with Crippen molar-refractivity contribution < 1.29 is 27.0 Å². The third-order valence-electron chi connectivity index (χ3n) is 12.4. The van der Waals surface area contributed by atoms with Crippen LogP contribution in [-0.2, 0) is 38.3 Å². The lowest BCUT2D eigenvalue weighted by Crippen LogP contribution is -2.28. The minimum atomic E-state index is -3.80. The van der Waals surface area contributed by atoms with Crippen molar-refractivity contribution in [3.63, 3.8) is 0 Å². The van der Waals surface area contributed by atoms with E-state index in [9.17, 15) is 27.0 Å². The van der Waals surface area contributed by atoms with Crippen LogP contribution >= 0.6 is 0 Å². The zero-order chi connectivity index (χ0) is 37.1. The van der Waals surface area contributed by atoms with Crippen LogP contribution in [0.3, 0.4) is 0 Å². The quantitative estimate of drug-likeness (QED) is 0.205. The van der Waals surface area contributed by atoms with Crippen LogP contribution < -0.4 is 0 Å². The van der Waals surface area contributed by atoms with Gasteiger partial charge in [-0.2, -0.15) is 0 Å². The Morgan fingerprint density at radius 3 is 1.93 bits per heavy atom. The van der Waals surface area contributed by atoms with Crippen molar-refractivity contribution in [2.24, 2.45) is 11.8 Å². The molecule has 4 aromatic carbocycles. The molecule has 2 aliphatic heterocycles. The van der Waals surface area contributed by atoms with E-state index < -0.39 is 31.9 Å². The van der Waals surface area contributed by atoms with Gasteiger partial charge in [-0.1, -0.05) is 54.6 Å². The predicted molar refractivity (Wildman–Crippen MR) is 202 cm³/mol. The maximum Gasteiger partial charge on any atom is 0.182 e. The topological polar surface area (TPSA) is 144 Å². The van der Waals surface area contributed by atoms with Crippen molar-refractivity contribution in [2.75, 3.05) is 6.26 Å². The number of aliphatic hydroxyl groups excluding tert-OH is 2. The molecule has 54 heavy (non-hydrogen) atoms. The van der Waals surface area contributed by atoms with Gasteiger partial charge in [0.15, 0.2) is 19.7 Å². The highest BCUT2D eigenvalue weighted by atomic mass is 32.2. The van der Waals surface area contributed by atoms with Crippen LogP contribution in [0.1, 0.15) is 76.1 Å². The van der Waals surface area contributed by atoms with Gasteiger partial charge >= 0.3 is 0 Å². The van der Waals surface area contributed by atoms with Gasteiger partial charge in [0, 0.05) is 29.2 Å². The van der Waals surface area contributed by atoms with Gasteiger partial charge in [0.2, 0.25) is 0 Å². The minimum Gasteiger partial charge on any atom is -0.388 e. The first-order valence-corrected chi connectivity index (χ1v) is 21.8. The number of hydrogen-bond donors (Lipinski definition) is 2. The lowest BCUT2D eigenvalue weighted by Gasteiger charge is -2.35. The van der Waals surface area contributed by atoms with E-state index >= 15 is 0 Å². The highest BCUT2D eigenvalue weighted by Gasteiger charge is 2.43. The molecule has 2 aromatic heterocycles. The molecule has 0 bridgehead atoms. The fourth-order valence-electron chi connectivity index (χ4n) is 9.88. The molecular formula is C42H38N4O6S2. The summed E-state index contributed by atoms with van der Waals surface area (Å²) in [6, 6.07) is 23.8. The summed E-state index contributed by atoms with van der Waals surface area (Å²) in [4.78, 5) is 9.30. The van der Waals surface area contributed by atoms with Crippen molar-refractivity contribution in [1.29, 1.82) is 0 Å². The molecule has 274 valence electrons. The second kappa shape index (κ2) is 12.1. The zero-order valence-electron chi connectivity index (χ0n) is 29.4. The average Bonchev–Trinajstić information content (AvgIpc) is 3.94. The van der Waals surface area contributed by atoms with Crippen molar-refractivity contribution in [1.82, 2.24) is 19.1 Å². The highest BCUT2D eigenvalue weighted by Crippen LogP contribution is 2.52. The van der Waals surface area contributed by atoms with Gasteiger partial charge in [0.25, 0.3) is 0 Å².